The van der Waals surface area contributed by atoms with Gasteiger partial charge in [-0.1, -0.05) is 61.9 Å². The molecule has 2 aromatic carbocycles. The van der Waals surface area contributed by atoms with Crippen molar-refractivity contribution >= 4 is 17.4 Å². The second kappa shape index (κ2) is 9.22. The first-order valence-corrected chi connectivity index (χ1v) is 10.2. The number of ketones is 1. The van der Waals surface area contributed by atoms with Crippen LogP contribution in [0.3, 0.4) is 0 Å². The van der Waals surface area contributed by atoms with Crippen LogP contribution < -0.4 is 0 Å². The normalized spacial score (nSPS) is 18.4. The molecule has 0 saturated carbocycles. The largest absolute Gasteiger partial charge is 0.507 e. The highest BCUT2D eigenvalue weighted by molar-refractivity contribution is 6.46. The van der Waals surface area contributed by atoms with E-state index in [-0.39, 0.29) is 23.4 Å². The van der Waals surface area contributed by atoms with Crippen molar-refractivity contribution in [2.45, 2.75) is 26.8 Å². The Balaban J connectivity index is 2.11. The highest BCUT2D eigenvalue weighted by Crippen LogP contribution is 2.40. The van der Waals surface area contributed by atoms with Crippen molar-refractivity contribution in [1.82, 2.24) is 9.80 Å². The highest BCUT2D eigenvalue weighted by Gasteiger charge is 2.46. The molecule has 0 radical (unpaired) electrons. The molecule has 0 spiro atoms. The molecule has 5 nitrogen and oxygen atoms in total. The molecule has 30 heavy (non-hydrogen) atoms. The molecular formula is C24H27FN2O3. The summed E-state index contributed by atoms with van der Waals surface area (Å²) in [5, 5.41) is 11.0. The van der Waals surface area contributed by atoms with E-state index in [1.54, 1.807) is 30.3 Å². The van der Waals surface area contributed by atoms with Crippen LogP contribution in [0.5, 0.6) is 0 Å². The molecule has 0 bridgehead atoms. The Morgan fingerprint density at radius 3 is 2.30 bits per heavy atom. The van der Waals surface area contributed by atoms with Crippen LogP contribution in [-0.4, -0.2) is 52.8 Å². The molecule has 1 N–H and O–H groups in total. The van der Waals surface area contributed by atoms with Crippen LogP contribution in [0.4, 0.5) is 4.39 Å². The van der Waals surface area contributed by atoms with Crippen LogP contribution in [0.1, 0.15) is 36.6 Å². The van der Waals surface area contributed by atoms with Gasteiger partial charge in [-0.05, 0) is 26.1 Å². The Hall–Kier alpha value is -2.99. The van der Waals surface area contributed by atoms with Crippen LogP contribution in [0.2, 0.25) is 0 Å². The van der Waals surface area contributed by atoms with E-state index in [0.717, 1.165) is 18.7 Å². The maximum atomic E-state index is 14.7. The number of Topliss-reactive ketones (excluding diaryl/α,β-unsaturated/α-hetero) is 1. The zero-order valence-electron chi connectivity index (χ0n) is 17.6. The van der Waals surface area contributed by atoms with Gasteiger partial charge in [0.15, 0.2) is 0 Å². The zero-order chi connectivity index (χ0) is 21.8. The number of carbonyl (C=O) groups excluding carboxylic acids is 2. The van der Waals surface area contributed by atoms with Crippen LogP contribution in [0, 0.1) is 12.7 Å². The molecule has 0 aliphatic carbocycles. The number of hydrogen-bond donors (Lipinski definition) is 1. The van der Waals surface area contributed by atoms with Crippen molar-refractivity contribution in [3.8, 4) is 0 Å². The van der Waals surface area contributed by atoms with Crippen molar-refractivity contribution < 1.29 is 19.1 Å². The lowest BCUT2D eigenvalue weighted by molar-refractivity contribution is -0.140. The molecule has 1 fully saturated rings. The fourth-order valence-electron chi connectivity index (χ4n) is 3.79. The Labute approximate surface area is 176 Å². The predicted octanol–water partition coefficient (Wildman–Crippen LogP) is 3.90. The number of hydrogen-bond acceptors (Lipinski definition) is 4. The minimum atomic E-state index is -0.969. The Morgan fingerprint density at radius 1 is 1.07 bits per heavy atom. The van der Waals surface area contributed by atoms with E-state index >= 15 is 0 Å². The van der Waals surface area contributed by atoms with Gasteiger partial charge in [-0.2, -0.15) is 0 Å². The van der Waals surface area contributed by atoms with Gasteiger partial charge in [-0.15, -0.1) is 0 Å². The summed E-state index contributed by atoms with van der Waals surface area (Å²) in [6.07, 6.45) is 0. The lowest BCUT2D eigenvalue weighted by Crippen LogP contribution is -2.38. The van der Waals surface area contributed by atoms with Crippen molar-refractivity contribution in [1.29, 1.82) is 0 Å². The number of amides is 1. The maximum absolute atomic E-state index is 14.7. The van der Waals surface area contributed by atoms with Crippen LogP contribution in [0.15, 0.2) is 54.1 Å². The molecule has 2 aromatic rings. The summed E-state index contributed by atoms with van der Waals surface area (Å²) < 4.78 is 14.7. The van der Waals surface area contributed by atoms with Crippen molar-refractivity contribution in [3.63, 3.8) is 0 Å². The summed E-state index contributed by atoms with van der Waals surface area (Å²) in [4.78, 5) is 29.3. The molecule has 6 heteroatoms. The summed E-state index contributed by atoms with van der Waals surface area (Å²) in [5.74, 6) is -2.32. The van der Waals surface area contributed by atoms with E-state index in [4.69, 9.17) is 0 Å². The first-order valence-electron chi connectivity index (χ1n) is 10.2. The maximum Gasteiger partial charge on any atom is 0.295 e. The van der Waals surface area contributed by atoms with Crippen molar-refractivity contribution in [2.75, 3.05) is 26.2 Å². The number of carbonyl (C=O) groups is 2. The summed E-state index contributed by atoms with van der Waals surface area (Å²) >= 11 is 0. The lowest BCUT2D eigenvalue weighted by Gasteiger charge is -2.28. The van der Waals surface area contributed by atoms with Gasteiger partial charge < -0.3 is 14.9 Å². The second-order valence-electron chi connectivity index (χ2n) is 7.41. The van der Waals surface area contributed by atoms with E-state index in [1.807, 2.05) is 32.9 Å². The average Bonchev–Trinajstić information content (AvgIpc) is 2.99. The van der Waals surface area contributed by atoms with Gasteiger partial charge in [0.2, 0.25) is 0 Å². The molecule has 0 aromatic heterocycles. The van der Waals surface area contributed by atoms with Gasteiger partial charge in [0.25, 0.3) is 11.7 Å². The number of benzene rings is 2. The number of aliphatic hydroxyl groups excluding tert-OH is 1. The lowest BCUT2D eigenvalue weighted by atomic mass is 9.94. The van der Waals surface area contributed by atoms with E-state index in [1.165, 1.54) is 11.0 Å². The topological polar surface area (TPSA) is 60.9 Å². The van der Waals surface area contributed by atoms with Crippen molar-refractivity contribution in [2.24, 2.45) is 0 Å². The smallest absolute Gasteiger partial charge is 0.295 e. The van der Waals surface area contributed by atoms with Gasteiger partial charge in [-0.3, -0.25) is 9.59 Å². The fourth-order valence-corrected chi connectivity index (χ4v) is 3.79. The summed E-state index contributed by atoms with van der Waals surface area (Å²) in [7, 11) is 0. The molecular weight excluding hydrogens is 383 g/mol. The Kier molecular flexibility index (Phi) is 6.67. The molecule has 1 aliphatic heterocycles. The first-order chi connectivity index (χ1) is 14.4. The SMILES string of the molecule is CCN(CC)CCN1C(=O)C(=O)C(=C(O)c2ccc(C)cc2)[C@H]1c1ccccc1F. The third-order valence-electron chi connectivity index (χ3n) is 5.62. The average molecular weight is 410 g/mol. The number of rotatable bonds is 7. The summed E-state index contributed by atoms with van der Waals surface area (Å²) in [6.45, 7) is 8.36. The van der Waals surface area contributed by atoms with Gasteiger partial charge in [0, 0.05) is 24.2 Å². The molecule has 1 amide bonds. The molecule has 1 saturated heterocycles. The number of halogens is 1. The van der Waals surface area contributed by atoms with Crippen LogP contribution in [0.25, 0.3) is 5.76 Å². The molecule has 1 atom stereocenters. The van der Waals surface area contributed by atoms with Gasteiger partial charge in [0.1, 0.15) is 11.6 Å². The highest BCUT2D eigenvalue weighted by atomic mass is 19.1. The number of likely N-dealkylation sites (N-methyl/N-ethyl adjacent to an activating group) is 1. The third-order valence-corrected chi connectivity index (χ3v) is 5.62. The van der Waals surface area contributed by atoms with E-state index < -0.39 is 23.5 Å². The van der Waals surface area contributed by atoms with Gasteiger partial charge in [-0.25, -0.2) is 4.39 Å². The number of aliphatic hydroxyl groups is 1. The molecule has 1 aliphatic rings. The number of likely N-dealkylation sites (tertiary alicyclic amines) is 1. The van der Waals surface area contributed by atoms with Gasteiger partial charge in [0.05, 0.1) is 11.6 Å². The van der Waals surface area contributed by atoms with Crippen LogP contribution >= 0.6 is 0 Å². The minimum Gasteiger partial charge on any atom is -0.507 e. The molecule has 0 unspecified atom stereocenters. The second-order valence-corrected chi connectivity index (χ2v) is 7.41. The molecule has 158 valence electrons. The fraction of sp³-hybridized carbons (Fsp3) is 0.333. The quantitative estimate of drug-likeness (QED) is 0.427. The zero-order valence-corrected chi connectivity index (χ0v) is 17.6. The van der Waals surface area contributed by atoms with Crippen molar-refractivity contribution in [3.05, 3.63) is 76.6 Å². The predicted molar refractivity (Wildman–Crippen MR) is 114 cm³/mol. The number of nitrogens with zero attached hydrogens (tertiary/aromatic N) is 2. The standard InChI is InChI=1S/C24H27FN2O3/c1-4-26(5-2)14-15-27-21(18-8-6-7-9-19(18)25)20(23(29)24(27)30)22(28)17-12-10-16(3)11-13-17/h6-13,21,28H,4-5,14-15H2,1-3H3/t21-/m1/s1. The van der Waals surface area contributed by atoms with E-state index in [0.29, 0.717) is 12.1 Å². The van der Waals surface area contributed by atoms with Gasteiger partial charge >= 0.3 is 0 Å². The Bertz CT molecular complexity index is 965. The van der Waals surface area contributed by atoms with E-state index in [2.05, 4.69) is 4.90 Å². The van der Waals surface area contributed by atoms with E-state index in [9.17, 15) is 19.1 Å². The summed E-state index contributed by atoms with van der Waals surface area (Å²) in [6, 6.07) is 12.1. The summed E-state index contributed by atoms with van der Waals surface area (Å²) in [5.41, 5.74) is 1.54. The first kappa shape index (κ1) is 21.7. The molecule has 1 heterocycles. The Morgan fingerprint density at radius 2 is 1.70 bits per heavy atom. The monoisotopic (exact) mass is 410 g/mol. The third kappa shape index (κ3) is 4.14. The molecule has 3 rings (SSSR count). The number of aryl methyl sites for hydroxylation is 1. The van der Waals surface area contributed by atoms with Crippen LogP contribution in [-0.2, 0) is 9.59 Å². The minimum absolute atomic E-state index is 0.0755.